The molecule has 0 radical (unpaired) electrons. The Bertz CT molecular complexity index is 1250. The van der Waals surface area contributed by atoms with Gasteiger partial charge in [0.2, 0.25) is 0 Å². The number of carbonyl (C=O) groups excluding carboxylic acids is 1. The number of hydrogen-bond acceptors (Lipinski definition) is 4. The van der Waals surface area contributed by atoms with E-state index >= 15 is 0 Å². The fourth-order valence-electron chi connectivity index (χ4n) is 3.26. The van der Waals surface area contributed by atoms with Crippen molar-refractivity contribution in [2.45, 2.75) is 4.90 Å². The molecule has 10 heteroatoms. The maximum atomic E-state index is 14.7. The second-order valence-electron chi connectivity index (χ2n) is 7.06. The molecule has 0 saturated heterocycles. The van der Waals surface area contributed by atoms with Gasteiger partial charge in [-0.1, -0.05) is 18.2 Å². The van der Waals surface area contributed by atoms with Gasteiger partial charge in [-0.3, -0.25) is 9.52 Å². The van der Waals surface area contributed by atoms with Crippen molar-refractivity contribution in [3.8, 4) is 22.6 Å². The Morgan fingerprint density at radius 3 is 2.66 bits per heavy atom. The van der Waals surface area contributed by atoms with Crippen molar-refractivity contribution in [1.82, 2.24) is 4.90 Å². The normalized spacial score (nSPS) is 16.3. The van der Waals surface area contributed by atoms with Crippen molar-refractivity contribution in [3.05, 3.63) is 70.2 Å². The van der Waals surface area contributed by atoms with Gasteiger partial charge in [0, 0.05) is 29.8 Å². The summed E-state index contributed by atoms with van der Waals surface area (Å²) in [7, 11) is -0.591. The minimum atomic E-state index is -2.16. The molecule has 2 N–H and O–H groups in total. The van der Waals surface area contributed by atoms with Crippen LogP contribution in [0.25, 0.3) is 11.1 Å². The van der Waals surface area contributed by atoms with E-state index in [1.54, 1.807) is 31.3 Å². The third kappa shape index (κ3) is 4.20. The molecule has 4 rings (SSSR count). The molecule has 1 aliphatic rings. The number of hydrogen-bond donors (Lipinski definition) is 2. The molecule has 0 aliphatic carbocycles. The molecule has 1 atom stereocenters. The molecular weight excluding hydrogens is 506 g/mol. The highest BCUT2D eigenvalue weighted by Gasteiger charge is 2.22. The fourth-order valence-corrected chi connectivity index (χ4v) is 4.83. The number of anilines is 1. The molecule has 1 unspecified atom stereocenters. The quantitative estimate of drug-likeness (QED) is 0.448. The molecule has 1 aliphatic heterocycles. The Morgan fingerprint density at radius 2 is 1.88 bits per heavy atom. The van der Waals surface area contributed by atoms with E-state index in [1.807, 2.05) is 0 Å². The Balaban J connectivity index is 1.89. The number of benzene rings is 3. The lowest BCUT2D eigenvalue weighted by Crippen LogP contribution is -2.31. The second kappa shape index (κ2) is 8.87. The van der Waals surface area contributed by atoms with Gasteiger partial charge in [0.25, 0.3) is 5.91 Å². The predicted molar refractivity (Wildman–Crippen MR) is 120 cm³/mol. The van der Waals surface area contributed by atoms with Crippen LogP contribution in [-0.2, 0) is 11.0 Å². The van der Waals surface area contributed by atoms with E-state index in [4.69, 9.17) is 4.74 Å². The van der Waals surface area contributed by atoms with E-state index < -0.39 is 28.5 Å². The van der Waals surface area contributed by atoms with Crippen molar-refractivity contribution in [2.24, 2.45) is 0 Å². The Labute approximate surface area is 193 Å². The smallest absolute Gasteiger partial charge is 0.253 e. The predicted octanol–water partition coefficient (Wildman–Crippen LogP) is 4.70. The van der Waals surface area contributed by atoms with E-state index in [2.05, 4.69) is 20.7 Å². The fraction of sp³-hybridized carbons (Fsp3) is 0.136. The SMILES string of the molecule is CN1CCOc2ccccc2-c2cc(c(F)cc2F)NS(=O)c2cc(cc(Br)c2O)C1=O. The van der Waals surface area contributed by atoms with Gasteiger partial charge < -0.3 is 14.7 Å². The second-order valence-corrected chi connectivity index (χ2v) is 9.09. The summed E-state index contributed by atoms with van der Waals surface area (Å²) in [6.45, 7) is 0.324. The van der Waals surface area contributed by atoms with Gasteiger partial charge in [-0.15, -0.1) is 0 Å². The molecule has 166 valence electrons. The van der Waals surface area contributed by atoms with E-state index in [0.29, 0.717) is 17.4 Å². The summed E-state index contributed by atoms with van der Waals surface area (Å²) in [5, 5.41) is 10.4. The first-order chi connectivity index (χ1) is 15.3. The Kier molecular flexibility index (Phi) is 6.16. The van der Waals surface area contributed by atoms with Gasteiger partial charge in [0.15, 0.2) is 11.0 Å². The van der Waals surface area contributed by atoms with Crippen LogP contribution < -0.4 is 9.46 Å². The third-order valence-corrected chi connectivity index (χ3v) is 6.66. The van der Waals surface area contributed by atoms with Crippen molar-refractivity contribution in [1.29, 1.82) is 0 Å². The maximum absolute atomic E-state index is 14.7. The highest BCUT2D eigenvalue weighted by atomic mass is 79.9. The van der Waals surface area contributed by atoms with Crippen LogP contribution in [0.3, 0.4) is 0 Å². The van der Waals surface area contributed by atoms with Gasteiger partial charge in [-0.25, -0.2) is 13.0 Å². The molecule has 0 fully saturated rings. The van der Waals surface area contributed by atoms with E-state index in [0.717, 1.165) is 0 Å². The van der Waals surface area contributed by atoms with Crippen LogP contribution in [-0.4, -0.2) is 40.3 Å². The number of phenols is 1. The number of rotatable bonds is 0. The summed E-state index contributed by atoms with van der Waals surface area (Å²) < 4.78 is 50.6. The molecule has 4 bridgehead atoms. The number of phenolic OH excluding ortho intramolecular Hbond substituents is 1. The standard InChI is InChI=1S/C22H17BrF2N2O4S/c1-27-6-7-31-19-5-3-2-4-13(19)14-10-18(17(25)11-16(14)24)26-32(30)20-9-12(22(27)29)8-15(23)21(20)28/h2-5,8-11,26,28H,6-7H2,1H3. The summed E-state index contributed by atoms with van der Waals surface area (Å²) >= 11 is 3.15. The number of amides is 1. The molecule has 1 heterocycles. The highest BCUT2D eigenvalue weighted by molar-refractivity contribution is 9.10. The lowest BCUT2D eigenvalue weighted by atomic mass is 10.0. The minimum Gasteiger partial charge on any atom is -0.505 e. The Morgan fingerprint density at radius 1 is 1.12 bits per heavy atom. The first-order valence-corrected chi connectivity index (χ1v) is 11.4. The largest absolute Gasteiger partial charge is 0.505 e. The molecule has 3 aromatic rings. The molecule has 0 saturated carbocycles. The average molecular weight is 523 g/mol. The number of fused-ring (bicyclic) bond motifs is 6. The van der Waals surface area contributed by atoms with E-state index in [9.17, 15) is 22.9 Å². The molecule has 3 aromatic carbocycles. The molecule has 32 heavy (non-hydrogen) atoms. The monoisotopic (exact) mass is 522 g/mol. The average Bonchev–Trinajstić information content (AvgIpc) is 2.76. The summed E-state index contributed by atoms with van der Waals surface area (Å²) in [5.74, 6) is -2.20. The lowest BCUT2D eigenvalue weighted by molar-refractivity contribution is 0.0773. The van der Waals surface area contributed by atoms with Crippen LogP contribution >= 0.6 is 15.9 Å². The zero-order valence-electron chi connectivity index (χ0n) is 16.7. The summed E-state index contributed by atoms with van der Waals surface area (Å²) in [6.07, 6.45) is 0. The van der Waals surface area contributed by atoms with Crippen molar-refractivity contribution >= 4 is 38.5 Å². The molecule has 6 nitrogen and oxygen atoms in total. The van der Waals surface area contributed by atoms with Crippen LogP contribution in [0.2, 0.25) is 0 Å². The third-order valence-electron chi connectivity index (χ3n) is 4.94. The topological polar surface area (TPSA) is 78.9 Å². The lowest BCUT2D eigenvalue weighted by Gasteiger charge is -2.19. The number of para-hydroxylation sites is 1. The maximum Gasteiger partial charge on any atom is 0.253 e. The minimum absolute atomic E-state index is 0.0416. The van der Waals surface area contributed by atoms with Crippen LogP contribution in [0.5, 0.6) is 11.5 Å². The number of halogens is 3. The number of carbonyl (C=O) groups is 1. The molecule has 0 aromatic heterocycles. The van der Waals surface area contributed by atoms with Crippen molar-refractivity contribution in [2.75, 3.05) is 24.9 Å². The Hall–Kier alpha value is -2.98. The van der Waals surface area contributed by atoms with Gasteiger partial charge in [0.1, 0.15) is 34.6 Å². The highest BCUT2D eigenvalue weighted by Crippen LogP contribution is 2.37. The first-order valence-electron chi connectivity index (χ1n) is 9.44. The summed E-state index contributed by atoms with van der Waals surface area (Å²) in [5.41, 5.74) is 0.334. The number of aromatic hydroxyl groups is 1. The van der Waals surface area contributed by atoms with Crippen LogP contribution in [0.4, 0.5) is 14.5 Å². The van der Waals surface area contributed by atoms with E-state index in [1.165, 1.54) is 23.1 Å². The van der Waals surface area contributed by atoms with E-state index in [-0.39, 0.29) is 45.1 Å². The molecular formula is C22H17BrF2N2O4S. The number of nitrogens with one attached hydrogen (secondary N) is 1. The van der Waals surface area contributed by atoms with Crippen LogP contribution in [0, 0.1) is 11.6 Å². The zero-order chi connectivity index (χ0) is 23.0. The molecule has 0 spiro atoms. The van der Waals surface area contributed by atoms with Gasteiger partial charge in [-0.05, 0) is 40.2 Å². The number of likely N-dealkylation sites (N-methyl/N-ethyl adjacent to an activating group) is 1. The van der Waals surface area contributed by atoms with Gasteiger partial charge in [-0.2, -0.15) is 0 Å². The van der Waals surface area contributed by atoms with Crippen LogP contribution in [0.1, 0.15) is 10.4 Å². The zero-order valence-corrected chi connectivity index (χ0v) is 19.1. The number of nitrogens with zero attached hydrogens (tertiary/aromatic N) is 1. The number of ether oxygens (including phenoxy) is 1. The summed E-state index contributed by atoms with van der Waals surface area (Å²) in [6, 6.07) is 11.2. The van der Waals surface area contributed by atoms with Crippen LogP contribution in [0.15, 0.2) is 57.9 Å². The first kappa shape index (κ1) is 22.2. The van der Waals surface area contributed by atoms with Crippen molar-refractivity contribution < 1.29 is 27.6 Å². The van der Waals surface area contributed by atoms with Crippen molar-refractivity contribution in [3.63, 3.8) is 0 Å². The molecule has 1 amide bonds. The summed E-state index contributed by atoms with van der Waals surface area (Å²) in [4.78, 5) is 14.1. The van der Waals surface area contributed by atoms with Gasteiger partial charge in [0.05, 0.1) is 16.7 Å². The van der Waals surface area contributed by atoms with Gasteiger partial charge >= 0.3 is 0 Å².